The number of pyridine rings is 1. The monoisotopic (exact) mass is 610 g/mol. The SMILES string of the molecule is [2H]C([2H])([2H])c1ccc2c(n1)oc1c(-c3nc4ccccc4n3-c3ccc(-c4ccc5c(ccc6ccccc65)c4)cc3C(C)(C)C)cccc12. The molecule has 0 saturated heterocycles. The van der Waals surface area contributed by atoms with E-state index in [2.05, 4.69) is 109 Å². The second-order valence-corrected chi connectivity index (χ2v) is 13.3. The quantitative estimate of drug-likeness (QED) is 0.187. The van der Waals surface area contributed by atoms with Gasteiger partial charge in [0.2, 0.25) is 5.71 Å². The first kappa shape index (κ1) is 24.5. The molecule has 0 N–H and O–H groups in total. The van der Waals surface area contributed by atoms with Crippen molar-refractivity contribution in [2.45, 2.75) is 33.0 Å². The number of hydrogen-bond donors (Lipinski definition) is 0. The lowest BCUT2D eigenvalue weighted by Gasteiger charge is -2.25. The molecule has 0 saturated carbocycles. The van der Waals surface area contributed by atoms with Gasteiger partial charge in [-0.2, -0.15) is 0 Å². The number of imidazole rings is 1. The predicted octanol–water partition coefficient (Wildman–Crippen LogP) is 11.6. The fourth-order valence-electron chi connectivity index (χ4n) is 7.01. The van der Waals surface area contributed by atoms with Gasteiger partial charge in [0.15, 0.2) is 0 Å². The van der Waals surface area contributed by atoms with Crippen LogP contribution in [0.5, 0.6) is 0 Å². The Morgan fingerprint density at radius 1 is 0.638 bits per heavy atom. The van der Waals surface area contributed by atoms with Crippen LogP contribution in [0.25, 0.3) is 82.8 Å². The van der Waals surface area contributed by atoms with Crippen molar-refractivity contribution in [3.63, 3.8) is 0 Å². The van der Waals surface area contributed by atoms with Gasteiger partial charge in [0.1, 0.15) is 11.4 Å². The van der Waals surface area contributed by atoms with Crippen LogP contribution in [0.1, 0.15) is 36.1 Å². The van der Waals surface area contributed by atoms with Gasteiger partial charge in [-0.15, -0.1) is 0 Å². The van der Waals surface area contributed by atoms with Crippen LogP contribution in [-0.4, -0.2) is 14.5 Å². The predicted molar refractivity (Wildman–Crippen MR) is 195 cm³/mol. The highest BCUT2D eigenvalue weighted by atomic mass is 16.3. The Kier molecular flexibility index (Phi) is 5.28. The molecule has 47 heavy (non-hydrogen) atoms. The fraction of sp³-hybridized carbons (Fsp3) is 0.116. The molecule has 3 heterocycles. The summed E-state index contributed by atoms with van der Waals surface area (Å²) in [6, 6.07) is 43.9. The molecule has 0 spiro atoms. The summed E-state index contributed by atoms with van der Waals surface area (Å²) in [5.41, 5.74) is 7.89. The molecule has 6 aromatic carbocycles. The second kappa shape index (κ2) is 10.1. The molecule has 3 aromatic heterocycles. The van der Waals surface area contributed by atoms with Crippen molar-refractivity contribution in [3.8, 4) is 28.2 Å². The molecule has 0 amide bonds. The molecule has 0 aliphatic rings. The first-order valence-corrected chi connectivity index (χ1v) is 15.9. The molecule has 4 heteroatoms. The third-order valence-electron chi connectivity index (χ3n) is 9.29. The molecular weight excluding hydrogens is 574 g/mol. The van der Waals surface area contributed by atoms with E-state index in [4.69, 9.17) is 13.5 Å². The number of benzene rings is 6. The molecule has 0 atom stereocenters. The van der Waals surface area contributed by atoms with E-state index in [1.807, 2.05) is 36.4 Å². The van der Waals surface area contributed by atoms with Crippen LogP contribution in [0.4, 0.5) is 0 Å². The number of furan rings is 1. The third kappa shape index (κ3) is 4.36. The topological polar surface area (TPSA) is 43.9 Å². The molecule has 0 bridgehead atoms. The lowest BCUT2D eigenvalue weighted by atomic mass is 9.83. The Morgan fingerprint density at radius 2 is 1.38 bits per heavy atom. The molecule has 0 unspecified atom stereocenters. The van der Waals surface area contributed by atoms with Crippen LogP contribution < -0.4 is 0 Å². The van der Waals surface area contributed by atoms with Gasteiger partial charge < -0.3 is 4.42 Å². The van der Waals surface area contributed by atoms with E-state index >= 15 is 0 Å². The number of aromatic nitrogens is 3. The van der Waals surface area contributed by atoms with Crippen LogP contribution in [0.2, 0.25) is 0 Å². The van der Waals surface area contributed by atoms with E-state index in [0.717, 1.165) is 50.0 Å². The molecular formula is C43H33N3O. The minimum atomic E-state index is -2.33. The van der Waals surface area contributed by atoms with Gasteiger partial charge in [-0.25, -0.2) is 9.97 Å². The molecule has 0 aliphatic heterocycles. The number of para-hydroxylation sites is 3. The molecule has 9 aromatic rings. The Labute approximate surface area is 277 Å². The normalized spacial score (nSPS) is 13.5. The van der Waals surface area contributed by atoms with Crippen molar-refractivity contribution in [1.29, 1.82) is 0 Å². The number of rotatable bonds is 3. The highest BCUT2D eigenvalue weighted by Gasteiger charge is 2.25. The number of hydrogen-bond acceptors (Lipinski definition) is 3. The molecule has 0 fully saturated rings. The van der Waals surface area contributed by atoms with E-state index in [9.17, 15) is 0 Å². The van der Waals surface area contributed by atoms with Gasteiger partial charge in [0.25, 0.3) is 0 Å². The summed E-state index contributed by atoms with van der Waals surface area (Å²) in [7, 11) is 0. The summed E-state index contributed by atoms with van der Waals surface area (Å²) in [6.45, 7) is 4.40. The summed E-state index contributed by atoms with van der Waals surface area (Å²) in [6.07, 6.45) is 0. The van der Waals surface area contributed by atoms with Gasteiger partial charge in [-0.1, -0.05) is 99.6 Å². The zero-order valence-corrected chi connectivity index (χ0v) is 26.4. The third-order valence-corrected chi connectivity index (χ3v) is 9.29. The van der Waals surface area contributed by atoms with Crippen molar-refractivity contribution in [3.05, 3.63) is 139 Å². The summed E-state index contributed by atoms with van der Waals surface area (Å²) in [5, 5.41) is 6.58. The second-order valence-electron chi connectivity index (χ2n) is 13.3. The molecule has 0 radical (unpaired) electrons. The smallest absolute Gasteiger partial charge is 0.227 e. The average molecular weight is 611 g/mol. The molecule has 226 valence electrons. The van der Waals surface area contributed by atoms with Gasteiger partial charge in [-0.05, 0) is 99.0 Å². The van der Waals surface area contributed by atoms with Crippen molar-refractivity contribution in [2.75, 3.05) is 0 Å². The Balaban J connectivity index is 1.25. The van der Waals surface area contributed by atoms with Crippen LogP contribution in [0.3, 0.4) is 0 Å². The van der Waals surface area contributed by atoms with Crippen LogP contribution >= 0.6 is 0 Å². The summed E-state index contributed by atoms with van der Waals surface area (Å²) >= 11 is 0. The van der Waals surface area contributed by atoms with Crippen LogP contribution in [-0.2, 0) is 5.41 Å². The minimum Gasteiger partial charge on any atom is -0.437 e. The lowest BCUT2D eigenvalue weighted by Crippen LogP contribution is -2.16. The first-order chi connectivity index (χ1) is 24.0. The van der Waals surface area contributed by atoms with Gasteiger partial charge in [0.05, 0.1) is 22.3 Å². The van der Waals surface area contributed by atoms with Gasteiger partial charge >= 0.3 is 0 Å². The lowest BCUT2D eigenvalue weighted by molar-refractivity contribution is 0.587. The van der Waals surface area contributed by atoms with E-state index in [1.165, 1.54) is 27.1 Å². The summed E-state index contributed by atoms with van der Waals surface area (Å²) < 4.78 is 32.2. The van der Waals surface area contributed by atoms with E-state index in [0.29, 0.717) is 11.3 Å². The van der Waals surface area contributed by atoms with Crippen molar-refractivity contribution >= 4 is 54.6 Å². The maximum Gasteiger partial charge on any atom is 0.227 e. The van der Waals surface area contributed by atoms with Gasteiger partial charge in [0, 0.05) is 20.6 Å². The highest BCUT2D eigenvalue weighted by Crippen LogP contribution is 2.41. The minimum absolute atomic E-state index is 0.00696. The van der Waals surface area contributed by atoms with Crippen LogP contribution in [0, 0.1) is 6.85 Å². The zero-order valence-electron chi connectivity index (χ0n) is 29.4. The zero-order chi connectivity index (χ0) is 34.4. The van der Waals surface area contributed by atoms with Crippen molar-refractivity contribution in [2.24, 2.45) is 0 Å². The summed E-state index contributed by atoms with van der Waals surface area (Å²) in [4.78, 5) is 9.60. The van der Waals surface area contributed by atoms with Crippen molar-refractivity contribution in [1.82, 2.24) is 14.5 Å². The number of fused-ring (bicyclic) bond motifs is 7. The Bertz CT molecular complexity index is 2800. The van der Waals surface area contributed by atoms with Crippen molar-refractivity contribution < 1.29 is 8.53 Å². The van der Waals surface area contributed by atoms with Crippen LogP contribution in [0.15, 0.2) is 132 Å². The standard InChI is InChI=1S/C43H33N3O/c1-26-16-21-34-33-12-9-13-35(40(33)47-42(34)44-26)41-45-37-14-7-8-15-39(37)46(41)38-23-20-29(25-36(38)43(2,3)4)28-19-22-32-30(24-28)18-17-27-10-5-6-11-31(27)32/h5-25H,1-4H3/i1D3. The molecule has 4 nitrogen and oxygen atoms in total. The summed E-state index contributed by atoms with van der Waals surface area (Å²) in [5.74, 6) is 0.739. The largest absolute Gasteiger partial charge is 0.437 e. The average Bonchev–Trinajstić information content (AvgIpc) is 3.69. The van der Waals surface area contributed by atoms with E-state index < -0.39 is 6.85 Å². The first-order valence-electron chi connectivity index (χ1n) is 17.4. The van der Waals surface area contributed by atoms with E-state index in [-0.39, 0.29) is 11.1 Å². The van der Waals surface area contributed by atoms with E-state index in [1.54, 1.807) is 12.1 Å². The van der Waals surface area contributed by atoms with Gasteiger partial charge in [-0.3, -0.25) is 4.57 Å². The highest BCUT2D eigenvalue weighted by molar-refractivity contribution is 6.09. The molecule has 0 aliphatic carbocycles. The number of nitrogens with zero attached hydrogens (tertiary/aromatic N) is 3. The maximum absolute atomic E-state index is 7.87. The Morgan fingerprint density at radius 3 is 2.28 bits per heavy atom. The Hall–Kier alpha value is -5.74. The fourth-order valence-corrected chi connectivity index (χ4v) is 7.01. The number of aryl methyl sites for hydroxylation is 1. The maximum atomic E-state index is 7.87. The molecule has 9 rings (SSSR count).